The van der Waals surface area contributed by atoms with Crippen molar-refractivity contribution in [2.45, 2.75) is 25.7 Å². The average Bonchev–Trinajstić information content (AvgIpc) is 3.40. The van der Waals surface area contributed by atoms with Crippen molar-refractivity contribution in [3.63, 3.8) is 0 Å². The van der Waals surface area contributed by atoms with Crippen LogP contribution in [-0.4, -0.2) is 55.7 Å². The van der Waals surface area contributed by atoms with Gasteiger partial charge in [0.1, 0.15) is 11.5 Å². The summed E-state index contributed by atoms with van der Waals surface area (Å²) in [4.78, 5) is 16.4. The van der Waals surface area contributed by atoms with E-state index in [-0.39, 0.29) is 6.04 Å². The van der Waals surface area contributed by atoms with Crippen LogP contribution in [0.1, 0.15) is 18.1 Å². The lowest BCUT2D eigenvalue weighted by Crippen LogP contribution is -2.51. The zero-order chi connectivity index (χ0) is 22.3. The number of aromatic amines is 2. The monoisotopic (exact) mass is 441 g/mol. The molecule has 0 amide bonds. The lowest BCUT2D eigenvalue weighted by atomic mass is 10.1. The summed E-state index contributed by atoms with van der Waals surface area (Å²) in [6, 6.07) is 10.5. The second-order valence-corrected chi connectivity index (χ2v) is 8.05. The van der Waals surface area contributed by atoms with Crippen LogP contribution in [0.5, 0.6) is 0 Å². The number of piperazine rings is 1. The van der Waals surface area contributed by atoms with E-state index in [1.165, 1.54) is 6.07 Å². The van der Waals surface area contributed by atoms with Gasteiger partial charge in [0.15, 0.2) is 5.82 Å². The number of hydrogen-bond donors (Lipinski definition) is 2. The summed E-state index contributed by atoms with van der Waals surface area (Å²) in [6.45, 7) is 4.95. The van der Waals surface area contributed by atoms with Gasteiger partial charge in [0.05, 0.1) is 22.8 Å². The van der Waals surface area contributed by atoms with Crippen LogP contribution < -0.4 is 4.90 Å². The normalized spacial score (nSPS) is 17.9. The van der Waals surface area contributed by atoms with E-state index in [0.29, 0.717) is 18.9 Å². The highest BCUT2D eigenvalue weighted by Crippen LogP contribution is 2.30. The minimum absolute atomic E-state index is 0.106. The maximum absolute atomic E-state index is 12.8. The summed E-state index contributed by atoms with van der Waals surface area (Å²) in [5.74, 6) is 1.32. The number of H-pyrrole nitrogens is 2. The second-order valence-electron chi connectivity index (χ2n) is 8.05. The van der Waals surface area contributed by atoms with E-state index < -0.39 is 11.7 Å². The molecular weight excluding hydrogens is 419 g/mol. The van der Waals surface area contributed by atoms with E-state index in [1.54, 1.807) is 0 Å². The molecule has 0 spiro atoms. The molecule has 10 heteroatoms. The van der Waals surface area contributed by atoms with E-state index in [9.17, 15) is 13.2 Å². The molecule has 1 atom stereocenters. The maximum Gasteiger partial charge on any atom is 0.417 e. The van der Waals surface area contributed by atoms with Gasteiger partial charge in [0, 0.05) is 44.0 Å². The fraction of sp³-hybridized carbons (Fsp3) is 0.318. The lowest BCUT2D eigenvalue weighted by Gasteiger charge is -2.40. The highest BCUT2D eigenvalue weighted by molar-refractivity contribution is 5.79. The fourth-order valence-electron chi connectivity index (χ4n) is 4.19. The first-order valence-electron chi connectivity index (χ1n) is 10.4. The molecule has 1 fully saturated rings. The van der Waals surface area contributed by atoms with Crippen molar-refractivity contribution in [3.05, 3.63) is 59.9 Å². The first kappa shape index (κ1) is 20.5. The maximum atomic E-state index is 12.8. The number of benzene rings is 1. The van der Waals surface area contributed by atoms with Crippen molar-refractivity contribution < 1.29 is 13.2 Å². The van der Waals surface area contributed by atoms with Gasteiger partial charge in [0.2, 0.25) is 0 Å². The van der Waals surface area contributed by atoms with Gasteiger partial charge in [-0.1, -0.05) is 12.1 Å². The number of anilines is 1. The smallest absolute Gasteiger partial charge is 0.351 e. The molecule has 5 rings (SSSR count). The second kappa shape index (κ2) is 7.94. The van der Waals surface area contributed by atoms with Crippen LogP contribution in [0.25, 0.3) is 22.6 Å². The summed E-state index contributed by atoms with van der Waals surface area (Å²) < 4.78 is 38.4. The van der Waals surface area contributed by atoms with Gasteiger partial charge >= 0.3 is 6.18 Å². The largest absolute Gasteiger partial charge is 0.417 e. The van der Waals surface area contributed by atoms with Gasteiger partial charge in [-0.15, -0.1) is 0 Å². The van der Waals surface area contributed by atoms with Crippen molar-refractivity contribution in [1.29, 1.82) is 0 Å². The number of halogens is 3. The minimum Gasteiger partial charge on any atom is -0.351 e. The number of aromatic nitrogens is 5. The van der Waals surface area contributed by atoms with Crippen molar-refractivity contribution in [2.24, 2.45) is 0 Å². The van der Waals surface area contributed by atoms with Gasteiger partial charge < -0.3 is 9.88 Å². The summed E-state index contributed by atoms with van der Waals surface area (Å²) >= 11 is 0. The first-order valence-corrected chi connectivity index (χ1v) is 10.4. The molecule has 3 aromatic heterocycles. The highest BCUT2D eigenvalue weighted by Gasteiger charge is 2.32. The summed E-state index contributed by atoms with van der Waals surface area (Å²) in [6.07, 6.45) is -1.66. The van der Waals surface area contributed by atoms with Crippen LogP contribution >= 0.6 is 0 Å². The zero-order valence-electron chi connectivity index (χ0n) is 17.4. The van der Waals surface area contributed by atoms with Crippen molar-refractivity contribution in [3.8, 4) is 11.5 Å². The highest BCUT2D eigenvalue weighted by atomic mass is 19.4. The number of para-hydroxylation sites is 2. The molecule has 4 heterocycles. The van der Waals surface area contributed by atoms with Gasteiger partial charge in [-0.2, -0.15) is 18.3 Å². The van der Waals surface area contributed by atoms with Crippen LogP contribution in [0.4, 0.5) is 19.0 Å². The predicted molar refractivity (Wildman–Crippen MR) is 115 cm³/mol. The Labute approximate surface area is 182 Å². The molecule has 0 aliphatic carbocycles. The predicted octanol–water partition coefficient (Wildman–Crippen LogP) is 4.08. The van der Waals surface area contributed by atoms with E-state index in [4.69, 9.17) is 0 Å². The van der Waals surface area contributed by atoms with Gasteiger partial charge in [-0.25, -0.2) is 9.97 Å². The van der Waals surface area contributed by atoms with Crippen molar-refractivity contribution >= 4 is 16.9 Å². The van der Waals surface area contributed by atoms with Crippen molar-refractivity contribution in [1.82, 2.24) is 30.0 Å². The Hall–Kier alpha value is -3.40. The standard InChI is InChI=1S/C22H22F3N7/c1-14-12-31(8-9-32(14)19-7-6-16(11-26-19)22(23,24)25)13-15-10-27-30-20(15)21-28-17-4-2-3-5-18(17)29-21/h2-7,10-11,14H,8-9,12-13H2,1H3,(H,27,30)(H,28,29). The molecule has 32 heavy (non-hydrogen) atoms. The van der Waals surface area contributed by atoms with Crippen molar-refractivity contribution in [2.75, 3.05) is 24.5 Å². The molecule has 0 radical (unpaired) electrons. The Kier molecular flexibility index (Phi) is 5.09. The van der Waals surface area contributed by atoms with Crippen LogP contribution in [0, 0.1) is 0 Å². The Balaban J connectivity index is 1.28. The summed E-state index contributed by atoms with van der Waals surface area (Å²) in [5, 5.41) is 7.27. The van der Waals surface area contributed by atoms with Gasteiger partial charge in [0.25, 0.3) is 0 Å². The Morgan fingerprint density at radius 2 is 1.94 bits per heavy atom. The van der Waals surface area contributed by atoms with E-state index >= 15 is 0 Å². The molecule has 166 valence electrons. The Morgan fingerprint density at radius 3 is 2.66 bits per heavy atom. The molecule has 1 aliphatic rings. The first-order chi connectivity index (χ1) is 15.4. The molecule has 0 saturated carbocycles. The van der Waals surface area contributed by atoms with E-state index in [2.05, 4.69) is 37.0 Å². The quantitative estimate of drug-likeness (QED) is 0.499. The van der Waals surface area contributed by atoms with E-state index in [1.807, 2.05) is 35.4 Å². The number of fused-ring (bicyclic) bond motifs is 1. The molecule has 1 unspecified atom stereocenters. The number of rotatable bonds is 4. The Morgan fingerprint density at radius 1 is 1.09 bits per heavy atom. The van der Waals surface area contributed by atoms with Gasteiger partial charge in [-0.05, 0) is 31.2 Å². The summed E-state index contributed by atoms with van der Waals surface area (Å²) in [5.41, 5.74) is 3.03. The molecule has 4 aromatic rings. The third kappa shape index (κ3) is 3.93. The van der Waals surface area contributed by atoms with Crippen LogP contribution in [0.3, 0.4) is 0 Å². The van der Waals surface area contributed by atoms with Gasteiger partial charge in [-0.3, -0.25) is 10.00 Å². The Bertz CT molecular complexity index is 1180. The SMILES string of the molecule is CC1CN(Cc2cn[nH]c2-c2nc3ccccc3[nH]2)CCN1c1ccc(C(F)(F)F)cn1. The number of pyridine rings is 1. The number of imidazole rings is 1. The minimum atomic E-state index is -4.38. The fourth-order valence-corrected chi connectivity index (χ4v) is 4.19. The van der Waals surface area contributed by atoms with Crippen LogP contribution in [-0.2, 0) is 12.7 Å². The number of nitrogens with one attached hydrogen (secondary N) is 2. The van der Waals surface area contributed by atoms with Crippen LogP contribution in [0.2, 0.25) is 0 Å². The van der Waals surface area contributed by atoms with Crippen LogP contribution in [0.15, 0.2) is 48.8 Å². The molecule has 0 bridgehead atoms. The number of alkyl halides is 3. The molecule has 2 N–H and O–H groups in total. The molecule has 1 aromatic carbocycles. The third-order valence-corrected chi connectivity index (χ3v) is 5.82. The number of hydrogen-bond acceptors (Lipinski definition) is 5. The molecule has 7 nitrogen and oxygen atoms in total. The zero-order valence-corrected chi connectivity index (χ0v) is 17.4. The molecular formula is C22H22F3N7. The lowest BCUT2D eigenvalue weighted by molar-refractivity contribution is -0.137. The third-order valence-electron chi connectivity index (χ3n) is 5.82. The topological polar surface area (TPSA) is 76.7 Å². The molecule has 1 aliphatic heterocycles. The van der Waals surface area contributed by atoms with E-state index in [0.717, 1.165) is 53.5 Å². The molecule has 1 saturated heterocycles. The number of nitrogens with zero attached hydrogens (tertiary/aromatic N) is 5. The summed E-state index contributed by atoms with van der Waals surface area (Å²) in [7, 11) is 0. The average molecular weight is 441 g/mol.